The van der Waals surface area contributed by atoms with Crippen LogP contribution in [-0.2, 0) is 4.74 Å². The van der Waals surface area contributed by atoms with Gasteiger partial charge in [-0.05, 0) is 6.92 Å². The summed E-state index contributed by atoms with van der Waals surface area (Å²) in [5.41, 5.74) is 6.11. The van der Waals surface area contributed by atoms with Crippen molar-refractivity contribution < 1.29 is 9.53 Å². The first-order valence-corrected chi connectivity index (χ1v) is 3.05. The smallest absolute Gasteiger partial charge is 0.436 e. The van der Waals surface area contributed by atoms with E-state index in [4.69, 9.17) is 5.73 Å². The third kappa shape index (κ3) is 1.31. The maximum Gasteiger partial charge on any atom is 0.436 e. The Balaban J connectivity index is 3.03. The van der Waals surface area contributed by atoms with Crippen LogP contribution in [0.3, 0.4) is 0 Å². The minimum atomic E-state index is -0.574. The van der Waals surface area contributed by atoms with Crippen LogP contribution in [0.2, 0.25) is 0 Å². The number of nitrogen functional groups attached to an aromatic ring is 1. The lowest BCUT2D eigenvalue weighted by molar-refractivity contribution is 0.170. The molecule has 0 unspecified atom stereocenters. The molecule has 0 radical (unpaired) electrons. The lowest BCUT2D eigenvalue weighted by Crippen LogP contribution is -2.15. The predicted octanol–water partition coefficient (Wildman–Crippen LogP) is 0.388. The van der Waals surface area contributed by atoms with Gasteiger partial charge in [-0.2, -0.15) is 5.10 Å². The number of ether oxygens (including phenoxy) is 1. The molecule has 0 aliphatic carbocycles. The van der Waals surface area contributed by atoms with E-state index in [-0.39, 0.29) is 5.82 Å². The fourth-order valence-electron chi connectivity index (χ4n) is 0.752. The maximum absolute atomic E-state index is 10.8. The quantitative estimate of drug-likeness (QED) is 0.588. The minimum absolute atomic E-state index is 0.286. The van der Waals surface area contributed by atoms with Crippen molar-refractivity contribution in [1.29, 1.82) is 0 Å². The van der Waals surface area contributed by atoms with E-state index in [1.165, 1.54) is 7.11 Å². The summed E-state index contributed by atoms with van der Waals surface area (Å²) in [5.74, 6) is 0.286. The molecule has 0 saturated heterocycles. The Kier molecular flexibility index (Phi) is 1.80. The fourth-order valence-corrected chi connectivity index (χ4v) is 0.752. The SMILES string of the molecule is COC(=O)n1nc(C)cc1N. The average molecular weight is 155 g/mol. The van der Waals surface area contributed by atoms with E-state index >= 15 is 0 Å². The summed E-state index contributed by atoms with van der Waals surface area (Å²) in [4.78, 5) is 10.8. The first-order chi connectivity index (χ1) is 5.15. The van der Waals surface area contributed by atoms with Crippen molar-refractivity contribution in [3.63, 3.8) is 0 Å². The van der Waals surface area contributed by atoms with Crippen LogP contribution in [0, 0.1) is 6.92 Å². The van der Waals surface area contributed by atoms with Gasteiger partial charge in [0, 0.05) is 6.07 Å². The van der Waals surface area contributed by atoms with E-state index < -0.39 is 6.09 Å². The summed E-state index contributed by atoms with van der Waals surface area (Å²) >= 11 is 0. The fraction of sp³-hybridized carbons (Fsp3) is 0.333. The van der Waals surface area contributed by atoms with Crippen LogP contribution in [0.5, 0.6) is 0 Å². The highest BCUT2D eigenvalue weighted by atomic mass is 16.5. The van der Waals surface area contributed by atoms with Gasteiger partial charge in [-0.3, -0.25) is 0 Å². The molecule has 0 fully saturated rings. The lowest BCUT2D eigenvalue weighted by Gasteiger charge is -1.98. The molecule has 0 aliphatic rings. The van der Waals surface area contributed by atoms with E-state index in [0.29, 0.717) is 5.69 Å². The molecular weight excluding hydrogens is 146 g/mol. The zero-order valence-corrected chi connectivity index (χ0v) is 6.37. The Morgan fingerprint density at radius 2 is 2.45 bits per heavy atom. The molecule has 5 heteroatoms. The van der Waals surface area contributed by atoms with Gasteiger partial charge in [0.15, 0.2) is 0 Å². The average Bonchev–Trinajstić information content (AvgIpc) is 2.28. The van der Waals surface area contributed by atoms with Crippen molar-refractivity contribution in [3.8, 4) is 0 Å². The first kappa shape index (κ1) is 7.59. The first-order valence-electron chi connectivity index (χ1n) is 3.05. The van der Waals surface area contributed by atoms with E-state index in [2.05, 4.69) is 9.84 Å². The molecule has 0 bridgehead atoms. The molecule has 1 heterocycles. The van der Waals surface area contributed by atoms with Crippen LogP contribution in [0.25, 0.3) is 0 Å². The predicted molar refractivity (Wildman–Crippen MR) is 39.2 cm³/mol. The third-order valence-corrected chi connectivity index (χ3v) is 1.21. The van der Waals surface area contributed by atoms with Gasteiger partial charge in [-0.1, -0.05) is 0 Å². The Bertz CT molecular complexity index is 279. The molecule has 0 saturated carbocycles. The van der Waals surface area contributed by atoms with Gasteiger partial charge in [0.1, 0.15) is 5.82 Å². The second-order valence-electron chi connectivity index (χ2n) is 2.09. The topological polar surface area (TPSA) is 70.1 Å². The molecule has 2 N–H and O–H groups in total. The molecule has 0 amide bonds. The Morgan fingerprint density at radius 1 is 1.82 bits per heavy atom. The normalized spacial score (nSPS) is 9.64. The molecule has 0 atom stereocenters. The summed E-state index contributed by atoms with van der Waals surface area (Å²) in [6.07, 6.45) is -0.574. The standard InChI is InChI=1S/C6H9N3O2/c1-4-3-5(7)9(8-4)6(10)11-2/h3H,7H2,1-2H3. The van der Waals surface area contributed by atoms with Crippen molar-refractivity contribution in [2.24, 2.45) is 0 Å². The largest absolute Gasteiger partial charge is 0.451 e. The second kappa shape index (κ2) is 2.61. The van der Waals surface area contributed by atoms with Gasteiger partial charge in [0.2, 0.25) is 0 Å². The van der Waals surface area contributed by atoms with E-state index in [1.807, 2.05) is 0 Å². The number of rotatable bonds is 0. The van der Waals surface area contributed by atoms with E-state index in [1.54, 1.807) is 13.0 Å². The molecule has 1 rings (SSSR count). The molecule has 11 heavy (non-hydrogen) atoms. The Morgan fingerprint density at radius 3 is 2.82 bits per heavy atom. The highest BCUT2D eigenvalue weighted by Gasteiger charge is 2.09. The van der Waals surface area contributed by atoms with Crippen LogP contribution in [0.4, 0.5) is 10.6 Å². The number of aryl methyl sites for hydroxylation is 1. The number of methoxy groups -OCH3 is 1. The van der Waals surface area contributed by atoms with Gasteiger partial charge >= 0.3 is 6.09 Å². The highest BCUT2D eigenvalue weighted by Crippen LogP contribution is 2.04. The molecule has 1 aromatic heterocycles. The monoisotopic (exact) mass is 155 g/mol. The number of aromatic nitrogens is 2. The summed E-state index contributed by atoms with van der Waals surface area (Å²) in [6, 6.07) is 1.59. The molecular formula is C6H9N3O2. The number of hydrogen-bond acceptors (Lipinski definition) is 4. The third-order valence-electron chi connectivity index (χ3n) is 1.21. The van der Waals surface area contributed by atoms with Crippen molar-refractivity contribution in [2.75, 3.05) is 12.8 Å². The number of carbonyl (C=O) groups is 1. The zero-order chi connectivity index (χ0) is 8.43. The van der Waals surface area contributed by atoms with E-state index in [9.17, 15) is 4.79 Å². The van der Waals surface area contributed by atoms with Gasteiger partial charge in [-0.15, -0.1) is 4.68 Å². The van der Waals surface area contributed by atoms with Crippen LogP contribution < -0.4 is 5.73 Å². The van der Waals surface area contributed by atoms with E-state index in [0.717, 1.165) is 4.68 Å². The van der Waals surface area contributed by atoms with Crippen LogP contribution >= 0.6 is 0 Å². The molecule has 1 aromatic rings. The molecule has 0 spiro atoms. The molecule has 0 aromatic carbocycles. The lowest BCUT2D eigenvalue weighted by atomic mass is 10.5. The summed E-state index contributed by atoms with van der Waals surface area (Å²) in [6.45, 7) is 1.75. The molecule has 5 nitrogen and oxygen atoms in total. The van der Waals surface area contributed by atoms with Crippen molar-refractivity contribution in [3.05, 3.63) is 11.8 Å². The number of nitrogens with zero attached hydrogens (tertiary/aromatic N) is 2. The van der Waals surface area contributed by atoms with Gasteiger partial charge < -0.3 is 10.5 Å². The van der Waals surface area contributed by atoms with Gasteiger partial charge in [0.25, 0.3) is 0 Å². The number of anilines is 1. The van der Waals surface area contributed by atoms with Crippen LogP contribution in [0.1, 0.15) is 5.69 Å². The molecule has 0 aliphatic heterocycles. The summed E-state index contributed by atoms with van der Waals surface area (Å²) in [5, 5.41) is 3.80. The maximum atomic E-state index is 10.8. The Labute approximate surface area is 63.7 Å². The summed E-state index contributed by atoms with van der Waals surface area (Å²) in [7, 11) is 1.28. The number of hydrogen-bond donors (Lipinski definition) is 1. The molecule has 60 valence electrons. The zero-order valence-electron chi connectivity index (χ0n) is 6.37. The summed E-state index contributed by atoms with van der Waals surface area (Å²) < 4.78 is 5.42. The van der Waals surface area contributed by atoms with Gasteiger partial charge in [0.05, 0.1) is 12.8 Å². The minimum Gasteiger partial charge on any atom is -0.451 e. The number of nitrogens with two attached hydrogens (primary N) is 1. The Hall–Kier alpha value is -1.52. The van der Waals surface area contributed by atoms with Crippen molar-refractivity contribution in [1.82, 2.24) is 9.78 Å². The van der Waals surface area contributed by atoms with Crippen molar-refractivity contribution in [2.45, 2.75) is 6.92 Å². The second-order valence-corrected chi connectivity index (χ2v) is 2.09. The van der Waals surface area contributed by atoms with Crippen LogP contribution in [0.15, 0.2) is 6.07 Å². The van der Waals surface area contributed by atoms with Crippen LogP contribution in [-0.4, -0.2) is 23.0 Å². The van der Waals surface area contributed by atoms with Crippen molar-refractivity contribution >= 4 is 11.9 Å². The number of carbonyl (C=O) groups excluding carboxylic acids is 1. The van der Waals surface area contributed by atoms with Gasteiger partial charge in [-0.25, -0.2) is 4.79 Å². The highest BCUT2D eigenvalue weighted by molar-refractivity contribution is 5.73.